The van der Waals surface area contributed by atoms with Crippen molar-refractivity contribution in [1.29, 1.82) is 0 Å². The zero-order valence-corrected chi connectivity index (χ0v) is 13.2. The number of nitrogens with one attached hydrogen (secondary N) is 1. The number of anilines is 2. The predicted octanol–water partition coefficient (Wildman–Crippen LogP) is 3.21. The second-order valence-corrected chi connectivity index (χ2v) is 6.02. The van der Waals surface area contributed by atoms with Gasteiger partial charge < -0.3 is 11.1 Å². The number of rotatable bonds is 2. The molecule has 1 aromatic heterocycles. The summed E-state index contributed by atoms with van der Waals surface area (Å²) in [5.74, 6) is -0.266. The van der Waals surface area contributed by atoms with Crippen LogP contribution < -0.4 is 11.1 Å². The summed E-state index contributed by atoms with van der Waals surface area (Å²) in [7, 11) is 0. The van der Waals surface area contributed by atoms with E-state index in [-0.39, 0.29) is 5.91 Å². The largest absolute Gasteiger partial charge is 0.397 e. The maximum Gasteiger partial charge on any atom is 0.269 e. The van der Waals surface area contributed by atoms with Crippen molar-refractivity contribution in [3.8, 4) is 0 Å². The molecule has 8 heteroatoms. The fourth-order valence-corrected chi connectivity index (χ4v) is 3.24. The molecule has 0 bridgehead atoms. The van der Waals surface area contributed by atoms with Gasteiger partial charge in [0.2, 0.25) is 0 Å². The quantitative estimate of drug-likeness (QED) is 0.770. The SMILES string of the molecule is Cc1nnsc1C(=O)Nc1c(N)cc(Br)cc1Br. The van der Waals surface area contributed by atoms with E-state index in [1.54, 1.807) is 13.0 Å². The number of carbonyl (C=O) groups is 1. The number of nitrogens with zero attached hydrogens (tertiary/aromatic N) is 2. The molecule has 0 radical (unpaired) electrons. The van der Waals surface area contributed by atoms with E-state index in [1.165, 1.54) is 0 Å². The van der Waals surface area contributed by atoms with Gasteiger partial charge in [0.25, 0.3) is 5.91 Å². The molecule has 2 rings (SSSR count). The predicted molar refractivity (Wildman–Crippen MR) is 78.9 cm³/mol. The van der Waals surface area contributed by atoms with Gasteiger partial charge in [0.15, 0.2) is 0 Å². The molecule has 18 heavy (non-hydrogen) atoms. The molecule has 0 atom stereocenters. The average Bonchev–Trinajstić information content (AvgIpc) is 2.69. The number of benzene rings is 1. The monoisotopic (exact) mass is 390 g/mol. The first kappa shape index (κ1) is 13.4. The van der Waals surface area contributed by atoms with Crippen molar-refractivity contribution >= 4 is 60.7 Å². The highest BCUT2D eigenvalue weighted by molar-refractivity contribution is 9.11. The molecule has 5 nitrogen and oxygen atoms in total. The van der Waals surface area contributed by atoms with Gasteiger partial charge in [-0.3, -0.25) is 4.79 Å². The van der Waals surface area contributed by atoms with Gasteiger partial charge in [0.1, 0.15) is 4.88 Å². The molecule has 0 aliphatic rings. The molecule has 0 aliphatic carbocycles. The second kappa shape index (κ2) is 5.33. The zero-order chi connectivity index (χ0) is 13.3. The number of carbonyl (C=O) groups excluding carboxylic acids is 1. The molecule has 0 fully saturated rings. The van der Waals surface area contributed by atoms with E-state index in [9.17, 15) is 4.79 Å². The normalized spacial score (nSPS) is 10.4. The van der Waals surface area contributed by atoms with E-state index in [0.717, 1.165) is 16.0 Å². The minimum absolute atomic E-state index is 0.266. The summed E-state index contributed by atoms with van der Waals surface area (Å²) in [5.41, 5.74) is 7.47. The number of amides is 1. The van der Waals surface area contributed by atoms with Gasteiger partial charge in [-0.15, -0.1) is 5.10 Å². The number of aromatic nitrogens is 2. The highest BCUT2D eigenvalue weighted by Crippen LogP contribution is 2.33. The van der Waals surface area contributed by atoms with E-state index >= 15 is 0 Å². The van der Waals surface area contributed by atoms with Gasteiger partial charge in [0.05, 0.1) is 17.1 Å². The van der Waals surface area contributed by atoms with E-state index in [0.29, 0.717) is 26.4 Å². The van der Waals surface area contributed by atoms with Crippen molar-refractivity contribution < 1.29 is 4.79 Å². The highest BCUT2D eigenvalue weighted by Gasteiger charge is 2.16. The van der Waals surface area contributed by atoms with E-state index in [1.807, 2.05) is 6.07 Å². The van der Waals surface area contributed by atoms with Crippen LogP contribution in [0.1, 0.15) is 15.4 Å². The number of hydrogen-bond donors (Lipinski definition) is 2. The van der Waals surface area contributed by atoms with Gasteiger partial charge in [-0.2, -0.15) is 0 Å². The molecular weight excluding hydrogens is 384 g/mol. The second-order valence-electron chi connectivity index (χ2n) is 3.49. The van der Waals surface area contributed by atoms with Gasteiger partial charge >= 0.3 is 0 Å². The summed E-state index contributed by atoms with van der Waals surface area (Å²) >= 11 is 7.73. The third-order valence-electron chi connectivity index (χ3n) is 2.18. The van der Waals surface area contributed by atoms with Crippen LogP contribution in [0.3, 0.4) is 0 Å². The molecule has 1 amide bonds. The van der Waals surface area contributed by atoms with Crippen LogP contribution >= 0.6 is 43.4 Å². The van der Waals surface area contributed by atoms with Crippen LogP contribution in [0.2, 0.25) is 0 Å². The number of aryl methyl sites for hydroxylation is 1. The van der Waals surface area contributed by atoms with Crippen LogP contribution in [0.25, 0.3) is 0 Å². The lowest BCUT2D eigenvalue weighted by atomic mass is 10.2. The molecule has 94 valence electrons. The van der Waals surface area contributed by atoms with Crippen LogP contribution in [-0.2, 0) is 0 Å². The number of nitrogens with two attached hydrogens (primary N) is 1. The molecule has 0 unspecified atom stereocenters. The summed E-state index contributed by atoms with van der Waals surface area (Å²) < 4.78 is 5.26. The summed E-state index contributed by atoms with van der Waals surface area (Å²) in [4.78, 5) is 12.5. The van der Waals surface area contributed by atoms with Crippen LogP contribution in [0.15, 0.2) is 21.1 Å². The van der Waals surface area contributed by atoms with Crippen LogP contribution in [0.4, 0.5) is 11.4 Å². The number of halogens is 2. The van der Waals surface area contributed by atoms with Crippen LogP contribution in [0, 0.1) is 6.92 Å². The number of nitrogen functional groups attached to an aromatic ring is 1. The Kier molecular flexibility index (Phi) is 3.98. The average molecular weight is 392 g/mol. The molecule has 0 saturated carbocycles. The molecule has 0 aliphatic heterocycles. The molecule has 3 N–H and O–H groups in total. The van der Waals surface area contributed by atoms with E-state index in [2.05, 4.69) is 46.8 Å². The Labute approximate surface area is 124 Å². The Morgan fingerprint density at radius 3 is 2.72 bits per heavy atom. The third kappa shape index (κ3) is 2.70. The fraction of sp³-hybridized carbons (Fsp3) is 0.100. The van der Waals surface area contributed by atoms with Gasteiger partial charge in [-0.25, -0.2) is 0 Å². The molecule has 1 aromatic carbocycles. The van der Waals surface area contributed by atoms with Crippen molar-refractivity contribution in [2.24, 2.45) is 0 Å². The maximum atomic E-state index is 12.0. The van der Waals surface area contributed by atoms with Crippen LogP contribution in [-0.4, -0.2) is 15.5 Å². The minimum Gasteiger partial charge on any atom is -0.397 e. The molecule has 0 spiro atoms. The van der Waals surface area contributed by atoms with E-state index < -0.39 is 0 Å². The zero-order valence-electron chi connectivity index (χ0n) is 9.20. The Balaban J connectivity index is 2.31. The lowest BCUT2D eigenvalue weighted by molar-refractivity contribution is 0.103. The standard InChI is InChI=1S/C10H8Br2N4OS/c1-4-9(18-16-15-4)10(17)14-8-6(12)2-5(11)3-7(8)13/h2-3H,13H2,1H3,(H,14,17). The summed E-state index contributed by atoms with van der Waals surface area (Å²) in [5, 5.41) is 6.54. The maximum absolute atomic E-state index is 12.0. The van der Waals surface area contributed by atoms with Crippen molar-refractivity contribution in [2.45, 2.75) is 6.92 Å². The molecule has 0 saturated heterocycles. The topological polar surface area (TPSA) is 80.9 Å². The van der Waals surface area contributed by atoms with Gasteiger partial charge in [0, 0.05) is 8.95 Å². The first-order valence-electron chi connectivity index (χ1n) is 4.84. The van der Waals surface area contributed by atoms with E-state index in [4.69, 9.17) is 5.73 Å². The van der Waals surface area contributed by atoms with Gasteiger partial charge in [-0.05, 0) is 46.5 Å². The molecule has 2 aromatic rings. The lowest BCUT2D eigenvalue weighted by Gasteiger charge is -2.10. The van der Waals surface area contributed by atoms with Crippen molar-refractivity contribution in [3.05, 3.63) is 31.6 Å². The lowest BCUT2D eigenvalue weighted by Crippen LogP contribution is -2.13. The Hall–Kier alpha value is -0.990. The summed E-state index contributed by atoms with van der Waals surface area (Å²) in [6.45, 7) is 1.73. The van der Waals surface area contributed by atoms with Crippen LogP contribution in [0.5, 0.6) is 0 Å². The first-order valence-corrected chi connectivity index (χ1v) is 7.20. The third-order valence-corrected chi connectivity index (χ3v) is 4.09. The van der Waals surface area contributed by atoms with Gasteiger partial charge in [-0.1, -0.05) is 20.4 Å². The highest BCUT2D eigenvalue weighted by atomic mass is 79.9. The Morgan fingerprint density at radius 2 is 2.17 bits per heavy atom. The fourth-order valence-electron chi connectivity index (χ4n) is 1.34. The Bertz CT molecular complexity index is 591. The minimum atomic E-state index is -0.266. The Morgan fingerprint density at radius 1 is 1.44 bits per heavy atom. The first-order chi connectivity index (χ1) is 8.49. The smallest absolute Gasteiger partial charge is 0.269 e. The summed E-state index contributed by atoms with van der Waals surface area (Å²) in [6.07, 6.45) is 0. The van der Waals surface area contributed by atoms with Crippen molar-refractivity contribution in [1.82, 2.24) is 9.59 Å². The molecular formula is C10H8Br2N4OS. The molecule has 1 heterocycles. The van der Waals surface area contributed by atoms with Crippen molar-refractivity contribution in [2.75, 3.05) is 11.1 Å². The summed E-state index contributed by atoms with van der Waals surface area (Å²) in [6, 6.07) is 3.53. The number of hydrogen-bond acceptors (Lipinski definition) is 5. The van der Waals surface area contributed by atoms with Crippen molar-refractivity contribution in [3.63, 3.8) is 0 Å².